The third-order valence-corrected chi connectivity index (χ3v) is 5.45. The Morgan fingerprint density at radius 3 is 2.67 bits per heavy atom. The van der Waals surface area contributed by atoms with E-state index in [1.807, 2.05) is 35.6 Å². The van der Waals surface area contributed by atoms with Gasteiger partial charge >= 0.3 is 0 Å². The third kappa shape index (κ3) is 3.19. The zero-order valence-corrected chi connectivity index (χ0v) is 16.0. The minimum atomic E-state index is -0.289. The zero-order valence-electron chi connectivity index (χ0n) is 15.2. The first-order valence-electron chi connectivity index (χ1n) is 8.38. The molecule has 0 saturated carbocycles. The van der Waals surface area contributed by atoms with Gasteiger partial charge in [0.05, 0.1) is 19.7 Å². The number of hydrogen-bond acceptors (Lipinski definition) is 5. The maximum atomic E-state index is 13.6. The van der Waals surface area contributed by atoms with Gasteiger partial charge in [0.1, 0.15) is 17.3 Å². The van der Waals surface area contributed by atoms with Crippen LogP contribution in [0.15, 0.2) is 47.6 Å². The van der Waals surface area contributed by atoms with Crippen LogP contribution in [0.25, 0.3) is 16.6 Å². The lowest BCUT2D eigenvalue weighted by Crippen LogP contribution is -1.96. The van der Waals surface area contributed by atoms with Gasteiger partial charge in [-0.15, -0.1) is 10.2 Å². The molecule has 2 aromatic heterocycles. The molecule has 0 aliphatic rings. The van der Waals surface area contributed by atoms with Crippen LogP contribution in [0.4, 0.5) is 4.39 Å². The van der Waals surface area contributed by atoms with Crippen molar-refractivity contribution in [2.24, 2.45) is 0 Å². The topological polar surface area (TPSA) is 48.7 Å². The van der Waals surface area contributed by atoms with Crippen LogP contribution in [-0.2, 0) is 5.75 Å². The molecule has 7 heteroatoms. The van der Waals surface area contributed by atoms with Crippen LogP contribution >= 0.6 is 11.8 Å². The van der Waals surface area contributed by atoms with Gasteiger partial charge in [-0.2, -0.15) is 0 Å². The lowest BCUT2D eigenvalue weighted by molar-refractivity contribution is 0.410. The molecule has 0 saturated heterocycles. The number of rotatable bonds is 5. The van der Waals surface area contributed by atoms with Crippen molar-refractivity contribution in [3.63, 3.8) is 0 Å². The SMILES string of the molecule is COc1ccc2c(C)cc3nnc(SCc4cc(F)ccc4OC)n3c2c1. The molecule has 4 rings (SSSR count). The smallest absolute Gasteiger partial charge is 0.196 e. The minimum Gasteiger partial charge on any atom is -0.497 e. The number of ether oxygens (including phenoxy) is 2. The molecule has 0 N–H and O–H groups in total. The Hall–Kier alpha value is -2.80. The number of nitrogens with zero attached hydrogens (tertiary/aromatic N) is 3. The molecule has 0 aliphatic heterocycles. The fraction of sp³-hybridized carbons (Fsp3) is 0.200. The molecule has 27 heavy (non-hydrogen) atoms. The van der Waals surface area contributed by atoms with E-state index in [9.17, 15) is 4.39 Å². The zero-order chi connectivity index (χ0) is 19.0. The van der Waals surface area contributed by atoms with Crippen LogP contribution in [0, 0.1) is 12.7 Å². The maximum Gasteiger partial charge on any atom is 0.196 e. The molecule has 0 unspecified atom stereocenters. The van der Waals surface area contributed by atoms with E-state index in [4.69, 9.17) is 9.47 Å². The van der Waals surface area contributed by atoms with Crippen LogP contribution in [-0.4, -0.2) is 28.8 Å². The van der Waals surface area contributed by atoms with Crippen molar-refractivity contribution in [2.75, 3.05) is 14.2 Å². The second-order valence-corrected chi connectivity index (χ2v) is 7.07. The normalized spacial score (nSPS) is 11.3. The average molecular weight is 383 g/mol. The first-order chi connectivity index (χ1) is 13.1. The third-order valence-electron chi connectivity index (χ3n) is 4.47. The van der Waals surface area contributed by atoms with Gasteiger partial charge in [0, 0.05) is 22.8 Å². The van der Waals surface area contributed by atoms with E-state index in [0.717, 1.165) is 38.6 Å². The van der Waals surface area contributed by atoms with Crippen LogP contribution in [0.1, 0.15) is 11.1 Å². The number of benzene rings is 2. The molecule has 4 aromatic rings. The van der Waals surface area contributed by atoms with Gasteiger partial charge in [-0.25, -0.2) is 4.39 Å². The summed E-state index contributed by atoms with van der Waals surface area (Å²) in [6.07, 6.45) is 0. The van der Waals surface area contributed by atoms with Crippen molar-refractivity contribution in [1.82, 2.24) is 14.6 Å². The summed E-state index contributed by atoms with van der Waals surface area (Å²) in [6, 6.07) is 12.5. The highest BCUT2D eigenvalue weighted by atomic mass is 32.2. The van der Waals surface area contributed by atoms with Crippen molar-refractivity contribution in [1.29, 1.82) is 0 Å². The van der Waals surface area contributed by atoms with Gasteiger partial charge in [-0.05, 0) is 48.9 Å². The van der Waals surface area contributed by atoms with Crippen molar-refractivity contribution in [3.8, 4) is 11.5 Å². The Bertz CT molecular complexity index is 1140. The summed E-state index contributed by atoms with van der Waals surface area (Å²) in [6.45, 7) is 2.05. The van der Waals surface area contributed by atoms with Gasteiger partial charge in [0.2, 0.25) is 0 Å². The Morgan fingerprint density at radius 2 is 1.89 bits per heavy atom. The summed E-state index contributed by atoms with van der Waals surface area (Å²) in [5, 5.41) is 10.5. The second kappa shape index (κ2) is 7.08. The first-order valence-corrected chi connectivity index (χ1v) is 9.37. The fourth-order valence-electron chi connectivity index (χ4n) is 3.13. The predicted molar refractivity (Wildman–Crippen MR) is 104 cm³/mol. The Balaban J connectivity index is 1.79. The highest BCUT2D eigenvalue weighted by Gasteiger charge is 2.14. The number of aryl methyl sites for hydroxylation is 1. The van der Waals surface area contributed by atoms with Crippen molar-refractivity contribution < 1.29 is 13.9 Å². The summed E-state index contributed by atoms with van der Waals surface area (Å²) in [5.74, 6) is 1.65. The van der Waals surface area contributed by atoms with Crippen LogP contribution < -0.4 is 9.47 Å². The minimum absolute atomic E-state index is 0.289. The quantitative estimate of drug-likeness (QED) is 0.470. The molecule has 2 heterocycles. The van der Waals surface area contributed by atoms with Gasteiger partial charge in [-0.1, -0.05) is 11.8 Å². The van der Waals surface area contributed by atoms with E-state index in [0.29, 0.717) is 11.5 Å². The van der Waals surface area contributed by atoms with Crippen molar-refractivity contribution >= 4 is 28.3 Å². The number of halogens is 1. The standard InChI is InChI=1S/C20H18FN3O2S/c1-12-8-19-22-23-20(24(19)17-10-15(25-2)5-6-16(12)17)27-11-13-9-14(21)4-7-18(13)26-3/h4-10H,11H2,1-3H3. The van der Waals surface area contributed by atoms with Crippen LogP contribution in [0.3, 0.4) is 0 Å². The van der Waals surface area contributed by atoms with Gasteiger partial charge < -0.3 is 9.47 Å². The average Bonchev–Trinajstić information content (AvgIpc) is 3.09. The van der Waals surface area contributed by atoms with Gasteiger partial charge in [0.15, 0.2) is 10.8 Å². The summed E-state index contributed by atoms with van der Waals surface area (Å²) in [7, 11) is 3.22. The molecule has 0 radical (unpaired) electrons. The molecule has 2 aromatic carbocycles. The Morgan fingerprint density at radius 1 is 1.04 bits per heavy atom. The molecule has 0 aliphatic carbocycles. The van der Waals surface area contributed by atoms with Crippen molar-refractivity contribution in [2.45, 2.75) is 17.8 Å². The van der Waals surface area contributed by atoms with E-state index in [1.54, 1.807) is 20.3 Å². The molecule has 0 fully saturated rings. The van der Waals surface area contributed by atoms with E-state index in [1.165, 1.54) is 23.9 Å². The van der Waals surface area contributed by atoms with E-state index in [-0.39, 0.29) is 5.82 Å². The molecule has 5 nitrogen and oxygen atoms in total. The fourth-order valence-corrected chi connectivity index (χ4v) is 4.05. The molecule has 138 valence electrons. The maximum absolute atomic E-state index is 13.6. The summed E-state index contributed by atoms with van der Waals surface area (Å²) in [5.41, 5.74) is 3.63. The van der Waals surface area contributed by atoms with Gasteiger partial charge in [0.25, 0.3) is 0 Å². The summed E-state index contributed by atoms with van der Waals surface area (Å²) >= 11 is 1.48. The number of fused-ring (bicyclic) bond motifs is 3. The molecular formula is C20H18FN3O2S. The number of thioether (sulfide) groups is 1. The Labute approximate surface area is 160 Å². The highest BCUT2D eigenvalue weighted by Crippen LogP contribution is 2.31. The number of methoxy groups -OCH3 is 2. The molecule has 0 spiro atoms. The molecule has 0 atom stereocenters. The van der Waals surface area contributed by atoms with E-state index in [2.05, 4.69) is 10.2 Å². The van der Waals surface area contributed by atoms with Gasteiger partial charge in [-0.3, -0.25) is 4.40 Å². The number of hydrogen-bond donors (Lipinski definition) is 0. The highest BCUT2D eigenvalue weighted by molar-refractivity contribution is 7.98. The summed E-state index contributed by atoms with van der Waals surface area (Å²) < 4.78 is 26.3. The predicted octanol–water partition coefficient (Wildman–Crippen LogP) is 4.64. The first kappa shape index (κ1) is 17.6. The Kier molecular flexibility index (Phi) is 4.61. The second-order valence-electron chi connectivity index (χ2n) is 6.13. The lowest BCUT2D eigenvalue weighted by atomic mass is 10.1. The van der Waals surface area contributed by atoms with E-state index >= 15 is 0 Å². The number of aromatic nitrogens is 3. The van der Waals surface area contributed by atoms with Crippen LogP contribution in [0.5, 0.6) is 11.5 Å². The van der Waals surface area contributed by atoms with E-state index < -0.39 is 0 Å². The monoisotopic (exact) mass is 383 g/mol. The largest absolute Gasteiger partial charge is 0.497 e. The lowest BCUT2D eigenvalue weighted by Gasteiger charge is -2.10. The molecule has 0 bridgehead atoms. The van der Waals surface area contributed by atoms with Crippen LogP contribution in [0.2, 0.25) is 0 Å². The van der Waals surface area contributed by atoms with Crippen molar-refractivity contribution in [3.05, 3.63) is 59.4 Å². The number of pyridine rings is 1. The molecule has 0 amide bonds. The summed E-state index contributed by atoms with van der Waals surface area (Å²) in [4.78, 5) is 0. The molecular weight excluding hydrogens is 365 g/mol.